The first kappa shape index (κ1) is 18.2. The van der Waals surface area contributed by atoms with Gasteiger partial charge in [-0.05, 0) is 19.3 Å². The van der Waals surface area contributed by atoms with Crippen molar-refractivity contribution in [3.63, 3.8) is 0 Å². The topological polar surface area (TPSA) is 131 Å². The van der Waals surface area contributed by atoms with E-state index in [0.717, 1.165) is 6.42 Å². The van der Waals surface area contributed by atoms with Crippen molar-refractivity contribution in [2.45, 2.75) is 38.6 Å². The molecule has 0 rings (SSSR count). The molecule has 0 heterocycles. The predicted molar refractivity (Wildman–Crippen MR) is 72.1 cm³/mol. The summed E-state index contributed by atoms with van der Waals surface area (Å²) in [5.74, 6) is -1.81. The average Bonchev–Trinajstić information content (AvgIpc) is 2.38. The highest BCUT2D eigenvalue weighted by molar-refractivity contribution is 5.83. The molecular formula is C12H23N3O5. The molecule has 0 bridgehead atoms. The van der Waals surface area contributed by atoms with Crippen LogP contribution in [0.2, 0.25) is 0 Å². The maximum Gasteiger partial charge on any atom is 0.326 e. The normalized spacial score (nSPS) is 11.7. The monoisotopic (exact) mass is 289 g/mol. The summed E-state index contributed by atoms with van der Waals surface area (Å²) in [6.07, 6.45) is 1.46. The van der Waals surface area contributed by atoms with Crippen molar-refractivity contribution in [2.24, 2.45) is 5.73 Å². The minimum Gasteiger partial charge on any atom is -0.480 e. The smallest absolute Gasteiger partial charge is 0.326 e. The van der Waals surface area contributed by atoms with Crippen molar-refractivity contribution in [1.29, 1.82) is 0 Å². The summed E-state index contributed by atoms with van der Waals surface area (Å²) in [5, 5.41) is 13.7. The van der Waals surface area contributed by atoms with Crippen LogP contribution in [-0.4, -0.2) is 48.8 Å². The molecule has 8 nitrogen and oxygen atoms in total. The number of carboxylic acid groups (broad SMARTS) is 1. The number of carboxylic acids is 1. The van der Waals surface area contributed by atoms with E-state index in [1.165, 1.54) is 0 Å². The predicted octanol–water partition coefficient (Wildman–Crippen LogP) is -0.179. The van der Waals surface area contributed by atoms with Gasteiger partial charge < -0.3 is 26.2 Å². The van der Waals surface area contributed by atoms with Crippen molar-refractivity contribution in [3.8, 4) is 0 Å². The third kappa shape index (κ3) is 10.1. The van der Waals surface area contributed by atoms with Crippen molar-refractivity contribution in [2.75, 3.05) is 19.8 Å². The van der Waals surface area contributed by atoms with Gasteiger partial charge in [0.05, 0.1) is 0 Å². The number of nitrogens with two attached hydrogens (primary N) is 1. The molecule has 0 aromatic carbocycles. The zero-order chi connectivity index (χ0) is 15.4. The number of urea groups is 1. The van der Waals surface area contributed by atoms with Crippen LogP contribution in [0, 0.1) is 0 Å². The van der Waals surface area contributed by atoms with Crippen molar-refractivity contribution in [1.82, 2.24) is 10.6 Å². The van der Waals surface area contributed by atoms with Crippen LogP contribution in [0.25, 0.3) is 0 Å². The molecular weight excluding hydrogens is 266 g/mol. The molecule has 0 fully saturated rings. The molecule has 0 radical (unpaired) electrons. The van der Waals surface area contributed by atoms with E-state index in [4.69, 9.17) is 15.6 Å². The van der Waals surface area contributed by atoms with Gasteiger partial charge in [-0.2, -0.15) is 0 Å². The van der Waals surface area contributed by atoms with E-state index in [9.17, 15) is 14.4 Å². The Kier molecular flexibility index (Phi) is 10.0. The van der Waals surface area contributed by atoms with Gasteiger partial charge in [0.1, 0.15) is 6.04 Å². The summed E-state index contributed by atoms with van der Waals surface area (Å²) < 4.78 is 5.23. The number of aliphatic carboxylic acids is 1. The van der Waals surface area contributed by atoms with Crippen molar-refractivity contribution in [3.05, 3.63) is 0 Å². The molecule has 5 N–H and O–H groups in total. The molecule has 0 aliphatic carbocycles. The van der Waals surface area contributed by atoms with Gasteiger partial charge in [-0.25, -0.2) is 9.59 Å². The Morgan fingerprint density at radius 2 is 2.00 bits per heavy atom. The second-order valence-electron chi connectivity index (χ2n) is 4.26. The van der Waals surface area contributed by atoms with E-state index in [2.05, 4.69) is 10.6 Å². The number of amides is 3. The van der Waals surface area contributed by atoms with Crippen molar-refractivity contribution >= 4 is 17.9 Å². The summed E-state index contributed by atoms with van der Waals surface area (Å²) in [6, 6.07) is -1.71. The van der Waals surface area contributed by atoms with Crippen LogP contribution in [0.4, 0.5) is 4.79 Å². The van der Waals surface area contributed by atoms with Crippen LogP contribution in [0.3, 0.4) is 0 Å². The minimum absolute atomic E-state index is 0.0301. The molecule has 0 saturated heterocycles. The minimum atomic E-state index is -1.20. The number of rotatable bonds is 11. The largest absolute Gasteiger partial charge is 0.480 e. The van der Waals surface area contributed by atoms with Crippen LogP contribution in [0.5, 0.6) is 0 Å². The molecule has 8 heteroatoms. The molecule has 1 atom stereocenters. The molecule has 20 heavy (non-hydrogen) atoms. The third-order valence-corrected chi connectivity index (χ3v) is 2.38. The fraction of sp³-hybridized carbons (Fsp3) is 0.750. The SMILES string of the molecule is CCCOCCCNC(=O)N[C@@H](CCC(N)=O)C(=O)O. The molecule has 0 saturated carbocycles. The number of carbonyl (C=O) groups excluding carboxylic acids is 2. The van der Waals surface area contributed by atoms with Crippen LogP contribution in [0.1, 0.15) is 32.6 Å². The number of carbonyl (C=O) groups is 3. The van der Waals surface area contributed by atoms with Gasteiger partial charge in [0.25, 0.3) is 0 Å². The molecule has 0 aliphatic heterocycles. The van der Waals surface area contributed by atoms with Gasteiger partial charge in [-0.1, -0.05) is 6.92 Å². The number of hydrogen-bond donors (Lipinski definition) is 4. The number of ether oxygens (including phenoxy) is 1. The molecule has 0 aromatic heterocycles. The van der Waals surface area contributed by atoms with Crippen LogP contribution in [0.15, 0.2) is 0 Å². The van der Waals surface area contributed by atoms with Gasteiger partial charge in [0, 0.05) is 26.2 Å². The molecule has 0 aromatic rings. The van der Waals surface area contributed by atoms with E-state index in [1.807, 2.05) is 6.92 Å². The maximum absolute atomic E-state index is 11.4. The van der Waals surface area contributed by atoms with E-state index in [1.54, 1.807) is 0 Å². The highest BCUT2D eigenvalue weighted by atomic mass is 16.5. The second kappa shape index (κ2) is 11.0. The maximum atomic E-state index is 11.4. The lowest BCUT2D eigenvalue weighted by molar-refractivity contribution is -0.139. The second-order valence-corrected chi connectivity index (χ2v) is 4.26. The summed E-state index contributed by atoms with van der Waals surface area (Å²) in [5.41, 5.74) is 4.94. The summed E-state index contributed by atoms with van der Waals surface area (Å²) in [6.45, 7) is 3.61. The molecule has 116 valence electrons. The van der Waals surface area contributed by atoms with E-state index >= 15 is 0 Å². The zero-order valence-electron chi connectivity index (χ0n) is 11.7. The standard InChI is InChI=1S/C12H23N3O5/c1-2-7-20-8-3-6-14-12(19)15-9(11(17)18)4-5-10(13)16/h9H,2-8H2,1H3,(H2,13,16)(H,17,18)(H2,14,15,19)/t9-/m0/s1. The van der Waals surface area contributed by atoms with Crippen LogP contribution < -0.4 is 16.4 Å². The average molecular weight is 289 g/mol. The van der Waals surface area contributed by atoms with Crippen LogP contribution in [-0.2, 0) is 14.3 Å². The first-order chi connectivity index (χ1) is 9.47. The highest BCUT2D eigenvalue weighted by Crippen LogP contribution is 1.97. The fourth-order valence-corrected chi connectivity index (χ4v) is 1.38. The van der Waals surface area contributed by atoms with Crippen molar-refractivity contribution < 1.29 is 24.2 Å². The molecule has 0 spiro atoms. The van der Waals surface area contributed by atoms with E-state index < -0.39 is 23.9 Å². The van der Waals surface area contributed by atoms with E-state index in [0.29, 0.717) is 26.2 Å². The Morgan fingerprint density at radius 3 is 2.55 bits per heavy atom. The van der Waals surface area contributed by atoms with Gasteiger partial charge in [-0.15, -0.1) is 0 Å². The Balaban J connectivity index is 3.84. The van der Waals surface area contributed by atoms with Crippen LogP contribution >= 0.6 is 0 Å². The zero-order valence-corrected chi connectivity index (χ0v) is 11.7. The summed E-state index contributed by atoms with van der Waals surface area (Å²) in [4.78, 5) is 32.9. The molecule has 0 aliphatic rings. The fourth-order valence-electron chi connectivity index (χ4n) is 1.38. The lowest BCUT2D eigenvalue weighted by Gasteiger charge is -2.14. The lowest BCUT2D eigenvalue weighted by atomic mass is 10.1. The number of hydrogen-bond acceptors (Lipinski definition) is 4. The number of nitrogens with one attached hydrogen (secondary N) is 2. The summed E-state index contributed by atoms with van der Waals surface area (Å²) >= 11 is 0. The Hall–Kier alpha value is -1.83. The third-order valence-electron chi connectivity index (χ3n) is 2.38. The Morgan fingerprint density at radius 1 is 1.30 bits per heavy atom. The molecule has 0 unspecified atom stereocenters. The quantitative estimate of drug-likeness (QED) is 0.392. The highest BCUT2D eigenvalue weighted by Gasteiger charge is 2.20. The Labute approximate surface area is 118 Å². The first-order valence-corrected chi connectivity index (χ1v) is 6.60. The van der Waals surface area contributed by atoms with Gasteiger partial charge in [-0.3, -0.25) is 4.79 Å². The molecule has 3 amide bonds. The number of primary amides is 1. The summed E-state index contributed by atoms with van der Waals surface area (Å²) in [7, 11) is 0. The van der Waals surface area contributed by atoms with Gasteiger partial charge >= 0.3 is 12.0 Å². The first-order valence-electron chi connectivity index (χ1n) is 6.60. The van der Waals surface area contributed by atoms with Gasteiger partial charge in [0.2, 0.25) is 5.91 Å². The lowest BCUT2D eigenvalue weighted by Crippen LogP contribution is -2.46. The van der Waals surface area contributed by atoms with Gasteiger partial charge in [0.15, 0.2) is 0 Å². The Bertz CT molecular complexity index is 322. The van der Waals surface area contributed by atoms with E-state index in [-0.39, 0.29) is 12.8 Å².